The highest BCUT2D eigenvalue weighted by Gasteiger charge is 2.35. The zero-order chi connectivity index (χ0) is 13.8. The minimum absolute atomic E-state index is 0.0539. The quantitative estimate of drug-likeness (QED) is 0.887. The highest BCUT2D eigenvalue weighted by Crippen LogP contribution is 2.40. The molecule has 2 nitrogen and oxygen atoms in total. The fourth-order valence-corrected chi connectivity index (χ4v) is 3.21. The largest absolute Gasteiger partial charge is 0.356 e. The van der Waals surface area contributed by atoms with E-state index in [1.165, 1.54) is 11.1 Å². The van der Waals surface area contributed by atoms with Gasteiger partial charge >= 0.3 is 0 Å². The van der Waals surface area contributed by atoms with Gasteiger partial charge in [-0.25, -0.2) is 0 Å². The molecule has 2 heteroatoms. The van der Waals surface area contributed by atoms with Crippen molar-refractivity contribution in [2.24, 2.45) is 0 Å². The van der Waals surface area contributed by atoms with Crippen molar-refractivity contribution in [3.05, 3.63) is 71.8 Å². The molecule has 0 aromatic heterocycles. The Morgan fingerprint density at radius 1 is 0.800 bits per heavy atom. The predicted octanol–water partition coefficient (Wildman–Crippen LogP) is 3.27. The molecule has 0 aliphatic carbocycles. The van der Waals surface area contributed by atoms with Crippen molar-refractivity contribution in [2.75, 3.05) is 6.54 Å². The van der Waals surface area contributed by atoms with Crippen LogP contribution in [-0.4, -0.2) is 12.5 Å². The second-order valence-electron chi connectivity index (χ2n) is 5.41. The van der Waals surface area contributed by atoms with Crippen molar-refractivity contribution >= 4 is 5.91 Å². The summed E-state index contributed by atoms with van der Waals surface area (Å²) in [7, 11) is 0. The monoisotopic (exact) mass is 265 g/mol. The van der Waals surface area contributed by atoms with Crippen molar-refractivity contribution in [3.8, 4) is 0 Å². The highest BCUT2D eigenvalue weighted by molar-refractivity contribution is 5.76. The van der Waals surface area contributed by atoms with Crippen LogP contribution in [0.1, 0.15) is 30.4 Å². The van der Waals surface area contributed by atoms with Crippen molar-refractivity contribution in [1.82, 2.24) is 5.32 Å². The highest BCUT2D eigenvalue weighted by atomic mass is 16.1. The van der Waals surface area contributed by atoms with Gasteiger partial charge in [0.05, 0.1) is 0 Å². The van der Waals surface area contributed by atoms with E-state index in [4.69, 9.17) is 0 Å². The smallest absolute Gasteiger partial charge is 0.220 e. The molecule has 1 fully saturated rings. The third-order valence-electron chi connectivity index (χ3n) is 4.31. The molecule has 2 aromatic rings. The lowest BCUT2D eigenvalue weighted by atomic mass is 9.69. The fraction of sp³-hybridized carbons (Fsp3) is 0.278. The number of amides is 1. The molecule has 1 amide bonds. The molecular formula is C18H19NO. The third-order valence-corrected chi connectivity index (χ3v) is 4.31. The van der Waals surface area contributed by atoms with Gasteiger partial charge in [0.1, 0.15) is 0 Å². The summed E-state index contributed by atoms with van der Waals surface area (Å²) < 4.78 is 0. The predicted molar refractivity (Wildman–Crippen MR) is 80.5 cm³/mol. The van der Waals surface area contributed by atoms with Gasteiger partial charge in [0.15, 0.2) is 0 Å². The van der Waals surface area contributed by atoms with Gasteiger partial charge in [-0.1, -0.05) is 60.7 Å². The molecule has 1 saturated heterocycles. The molecular weight excluding hydrogens is 246 g/mol. The van der Waals surface area contributed by atoms with Gasteiger partial charge in [-0.15, -0.1) is 0 Å². The van der Waals surface area contributed by atoms with Gasteiger partial charge in [0.2, 0.25) is 5.91 Å². The van der Waals surface area contributed by atoms with E-state index in [1.807, 2.05) is 12.1 Å². The van der Waals surface area contributed by atoms with Crippen LogP contribution < -0.4 is 5.32 Å². The normalized spacial score (nSPS) is 18.1. The number of carbonyl (C=O) groups excluding carboxylic acids is 1. The number of nitrogens with one attached hydrogen (secondary N) is 1. The fourth-order valence-electron chi connectivity index (χ4n) is 3.21. The minimum atomic E-state index is -0.0539. The zero-order valence-electron chi connectivity index (χ0n) is 11.5. The van der Waals surface area contributed by atoms with Gasteiger partial charge in [-0.2, -0.15) is 0 Å². The maximum Gasteiger partial charge on any atom is 0.220 e. The molecule has 20 heavy (non-hydrogen) atoms. The molecule has 0 atom stereocenters. The lowest BCUT2D eigenvalue weighted by molar-refractivity contribution is -0.120. The summed E-state index contributed by atoms with van der Waals surface area (Å²) in [5, 5.41) is 3.00. The number of hydrogen-bond donors (Lipinski definition) is 1. The van der Waals surface area contributed by atoms with Crippen LogP contribution in [0.3, 0.4) is 0 Å². The average Bonchev–Trinajstić information content (AvgIpc) is 2.72. The van der Waals surface area contributed by atoms with E-state index in [1.54, 1.807) is 0 Å². The van der Waals surface area contributed by atoms with Crippen LogP contribution >= 0.6 is 0 Å². The molecule has 1 aliphatic rings. The maximum atomic E-state index is 11.7. The molecule has 0 radical (unpaired) electrons. The van der Waals surface area contributed by atoms with Gasteiger partial charge in [0.25, 0.3) is 0 Å². The van der Waals surface area contributed by atoms with Crippen LogP contribution in [0.2, 0.25) is 0 Å². The summed E-state index contributed by atoms with van der Waals surface area (Å²) >= 11 is 0. The molecule has 2 aromatic carbocycles. The first-order valence-electron chi connectivity index (χ1n) is 7.19. The maximum absolute atomic E-state index is 11.7. The SMILES string of the molecule is O=C1CCC(c2ccccc2)(c2ccccc2)CCN1. The Balaban J connectivity index is 2.10. The van der Waals surface area contributed by atoms with Crippen LogP contribution in [0, 0.1) is 0 Å². The number of rotatable bonds is 2. The number of hydrogen-bond acceptors (Lipinski definition) is 1. The van der Waals surface area contributed by atoms with Crippen LogP contribution in [0.25, 0.3) is 0 Å². The Morgan fingerprint density at radius 3 is 1.90 bits per heavy atom. The van der Waals surface area contributed by atoms with Crippen molar-refractivity contribution in [2.45, 2.75) is 24.7 Å². The summed E-state index contributed by atoms with van der Waals surface area (Å²) in [4.78, 5) is 11.7. The third kappa shape index (κ3) is 2.34. The summed E-state index contributed by atoms with van der Waals surface area (Å²) in [6.45, 7) is 0.739. The van der Waals surface area contributed by atoms with E-state index in [0.29, 0.717) is 6.42 Å². The summed E-state index contributed by atoms with van der Waals surface area (Å²) in [5.41, 5.74) is 2.56. The van der Waals surface area contributed by atoms with Crippen molar-refractivity contribution in [3.63, 3.8) is 0 Å². The second kappa shape index (κ2) is 5.49. The standard InChI is InChI=1S/C18H19NO/c20-17-11-12-18(13-14-19-17,15-7-3-1-4-8-15)16-9-5-2-6-10-16/h1-10H,11-14H2,(H,19,20). The lowest BCUT2D eigenvalue weighted by Gasteiger charge is -2.33. The molecule has 1 N–H and O–H groups in total. The van der Waals surface area contributed by atoms with Gasteiger partial charge in [-0.05, 0) is 24.0 Å². The van der Waals surface area contributed by atoms with E-state index < -0.39 is 0 Å². The summed E-state index contributed by atoms with van der Waals surface area (Å²) in [5.74, 6) is 0.165. The second-order valence-corrected chi connectivity index (χ2v) is 5.41. The van der Waals surface area contributed by atoms with E-state index in [0.717, 1.165) is 19.4 Å². The van der Waals surface area contributed by atoms with Crippen LogP contribution in [0.5, 0.6) is 0 Å². The molecule has 1 aliphatic heterocycles. The van der Waals surface area contributed by atoms with Gasteiger partial charge < -0.3 is 5.32 Å². The molecule has 1 heterocycles. The molecule has 3 rings (SSSR count). The van der Waals surface area contributed by atoms with Crippen molar-refractivity contribution < 1.29 is 4.79 Å². The van der Waals surface area contributed by atoms with Crippen molar-refractivity contribution in [1.29, 1.82) is 0 Å². The summed E-state index contributed by atoms with van der Waals surface area (Å²) in [6.07, 6.45) is 2.41. The van der Waals surface area contributed by atoms with Crippen LogP contribution in [0.4, 0.5) is 0 Å². The lowest BCUT2D eigenvalue weighted by Crippen LogP contribution is -2.29. The number of carbonyl (C=O) groups is 1. The average molecular weight is 265 g/mol. The molecule has 0 unspecified atom stereocenters. The minimum Gasteiger partial charge on any atom is -0.356 e. The van der Waals surface area contributed by atoms with Crippen LogP contribution in [-0.2, 0) is 10.2 Å². The molecule has 102 valence electrons. The first-order chi connectivity index (χ1) is 9.81. The first-order valence-corrected chi connectivity index (χ1v) is 7.19. The first kappa shape index (κ1) is 12.9. The molecule has 0 spiro atoms. The van der Waals surface area contributed by atoms with E-state index in [-0.39, 0.29) is 11.3 Å². The van der Waals surface area contributed by atoms with Gasteiger partial charge in [0, 0.05) is 18.4 Å². The zero-order valence-corrected chi connectivity index (χ0v) is 11.5. The van der Waals surface area contributed by atoms with Gasteiger partial charge in [-0.3, -0.25) is 4.79 Å². The molecule has 0 saturated carbocycles. The van der Waals surface area contributed by atoms with Crippen LogP contribution in [0.15, 0.2) is 60.7 Å². The van der Waals surface area contributed by atoms with E-state index in [9.17, 15) is 4.79 Å². The Bertz CT molecular complexity index is 537. The Kier molecular flexibility index (Phi) is 3.55. The summed E-state index contributed by atoms with van der Waals surface area (Å²) in [6, 6.07) is 21.2. The van der Waals surface area contributed by atoms with E-state index >= 15 is 0 Å². The number of benzene rings is 2. The Morgan fingerprint density at radius 2 is 1.35 bits per heavy atom. The topological polar surface area (TPSA) is 29.1 Å². The Hall–Kier alpha value is -2.09. The molecule has 0 bridgehead atoms. The van der Waals surface area contributed by atoms with E-state index in [2.05, 4.69) is 53.8 Å². The Labute approximate surface area is 119 Å².